The van der Waals surface area contributed by atoms with E-state index in [4.69, 9.17) is 16.3 Å². The van der Waals surface area contributed by atoms with Crippen molar-refractivity contribution in [2.24, 2.45) is 0 Å². The molecule has 1 amide bonds. The number of amides is 1. The molecule has 3 nitrogen and oxygen atoms in total. The second kappa shape index (κ2) is 8.94. The minimum absolute atomic E-state index is 0.0674. The van der Waals surface area contributed by atoms with E-state index in [0.29, 0.717) is 22.1 Å². The minimum Gasteiger partial charge on any atom is -0.497 e. The first-order valence-corrected chi connectivity index (χ1v) is 8.92. The van der Waals surface area contributed by atoms with Gasteiger partial charge in [-0.3, -0.25) is 4.79 Å². The van der Waals surface area contributed by atoms with E-state index in [0.717, 1.165) is 11.3 Å². The molecule has 0 saturated heterocycles. The lowest BCUT2D eigenvalue weighted by Crippen LogP contribution is -2.28. The van der Waals surface area contributed by atoms with Gasteiger partial charge in [-0.25, -0.2) is 4.39 Å². The molecule has 0 aromatic heterocycles. The monoisotopic (exact) mass is 367 g/mol. The summed E-state index contributed by atoms with van der Waals surface area (Å²) in [5, 5.41) is 0.332. The minimum atomic E-state index is -0.397. The van der Waals surface area contributed by atoms with Gasteiger partial charge in [0.2, 0.25) is 5.91 Å². The predicted molar refractivity (Wildman–Crippen MR) is 97.0 cm³/mol. The first-order chi connectivity index (χ1) is 11.5. The lowest BCUT2D eigenvalue weighted by atomic mass is 10.2. The smallest absolute Gasteiger partial charge is 0.232 e. The molecule has 0 aliphatic heterocycles. The lowest BCUT2D eigenvalue weighted by molar-refractivity contribution is -0.127. The van der Waals surface area contributed by atoms with Gasteiger partial charge >= 0.3 is 0 Å². The zero-order valence-corrected chi connectivity index (χ0v) is 15.2. The van der Waals surface area contributed by atoms with Crippen LogP contribution in [0, 0.1) is 5.82 Å². The molecule has 0 bridgehead atoms. The molecule has 2 rings (SSSR count). The van der Waals surface area contributed by atoms with Crippen molar-refractivity contribution < 1.29 is 13.9 Å². The molecule has 0 atom stereocenters. The molecule has 0 aliphatic rings. The normalized spacial score (nSPS) is 10.5. The van der Waals surface area contributed by atoms with E-state index < -0.39 is 5.82 Å². The van der Waals surface area contributed by atoms with E-state index >= 15 is 0 Å². The van der Waals surface area contributed by atoms with Gasteiger partial charge in [0, 0.05) is 29.9 Å². The van der Waals surface area contributed by atoms with Crippen molar-refractivity contribution in [2.45, 2.75) is 12.3 Å². The zero-order valence-electron chi connectivity index (χ0n) is 13.6. The Balaban J connectivity index is 1.85. The highest BCUT2D eigenvalue weighted by Gasteiger charge is 2.14. The van der Waals surface area contributed by atoms with Crippen molar-refractivity contribution in [3.05, 3.63) is 64.4 Å². The number of benzene rings is 2. The van der Waals surface area contributed by atoms with Crippen LogP contribution in [0.2, 0.25) is 5.02 Å². The van der Waals surface area contributed by atoms with E-state index in [9.17, 15) is 9.18 Å². The number of ether oxygens (including phenoxy) is 1. The highest BCUT2D eigenvalue weighted by molar-refractivity contribution is 7.99. The maximum Gasteiger partial charge on any atom is 0.232 e. The molecule has 2 aromatic rings. The van der Waals surface area contributed by atoms with Gasteiger partial charge in [0.25, 0.3) is 0 Å². The summed E-state index contributed by atoms with van der Waals surface area (Å²) in [5.41, 5.74) is 1.43. The maximum atomic E-state index is 13.8. The number of hydrogen-bond donors (Lipinski definition) is 0. The molecule has 0 radical (unpaired) electrons. The third kappa shape index (κ3) is 5.14. The summed E-state index contributed by atoms with van der Waals surface area (Å²) >= 11 is 7.50. The number of halogens is 2. The second-order valence-electron chi connectivity index (χ2n) is 5.29. The fraction of sp³-hybridized carbons (Fsp3) is 0.278. The van der Waals surface area contributed by atoms with Gasteiger partial charge in [-0.15, -0.1) is 11.8 Å². The van der Waals surface area contributed by atoms with E-state index in [-0.39, 0.29) is 12.5 Å². The third-order valence-corrected chi connectivity index (χ3v) is 4.85. The van der Waals surface area contributed by atoms with E-state index in [1.807, 2.05) is 24.3 Å². The quantitative estimate of drug-likeness (QED) is 0.727. The first kappa shape index (κ1) is 18.6. The van der Waals surface area contributed by atoms with E-state index in [2.05, 4.69) is 0 Å². The first-order valence-electron chi connectivity index (χ1n) is 7.38. The molecule has 0 unspecified atom stereocenters. The summed E-state index contributed by atoms with van der Waals surface area (Å²) in [7, 11) is 3.27. The fourth-order valence-electron chi connectivity index (χ4n) is 2.14. The fourth-order valence-corrected chi connectivity index (χ4v) is 3.27. The molecule has 0 spiro atoms. The summed E-state index contributed by atoms with van der Waals surface area (Å²) in [4.78, 5) is 13.7. The largest absolute Gasteiger partial charge is 0.497 e. The zero-order chi connectivity index (χ0) is 17.5. The average molecular weight is 368 g/mol. The second-order valence-corrected chi connectivity index (χ2v) is 6.69. The summed E-state index contributed by atoms with van der Waals surface area (Å²) in [6.07, 6.45) is 0. The summed E-state index contributed by atoms with van der Waals surface area (Å²) in [6, 6.07) is 12.2. The molecule has 2 aromatic carbocycles. The van der Waals surface area contributed by atoms with E-state index in [1.165, 1.54) is 22.7 Å². The molecule has 0 N–H and O–H groups in total. The average Bonchev–Trinajstić information content (AvgIpc) is 2.58. The van der Waals surface area contributed by atoms with E-state index in [1.54, 1.807) is 26.3 Å². The highest BCUT2D eigenvalue weighted by Crippen LogP contribution is 2.21. The Morgan fingerprint density at radius 3 is 2.75 bits per heavy atom. The van der Waals surface area contributed by atoms with Crippen molar-refractivity contribution in [1.82, 2.24) is 4.90 Å². The van der Waals surface area contributed by atoms with Crippen LogP contribution in [0.5, 0.6) is 5.75 Å². The molecule has 24 heavy (non-hydrogen) atoms. The third-order valence-electron chi connectivity index (χ3n) is 3.51. The van der Waals surface area contributed by atoms with Crippen LogP contribution in [0.4, 0.5) is 4.39 Å². The van der Waals surface area contributed by atoms with Crippen LogP contribution in [-0.4, -0.2) is 30.7 Å². The molecule has 6 heteroatoms. The van der Waals surface area contributed by atoms with Crippen molar-refractivity contribution in [2.75, 3.05) is 19.9 Å². The van der Waals surface area contributed by atoms with Crippen LogP contribution in [0.15, 0.2) is 42.5 Å². The predicted octanol–water partition coefficient (Wildman–Crippen LogP) is 4.38. The SMILES string of the molecule is COc1cccc(CSCC(=O)N(C)Cc2c(F)cccc2Cl)c1. The van der Waals surface area contributed by atoms with Gasteiger partial charge < -0.3 is 9.64 Å². The Kier molecular flexibility index (Phi) is 6.94. The van der Waals surface area contributed by atoms with Crippen LogP contribution in [0.25, 0.3) is 0 Å². The Hall–Kier alpha value is -1.72. The number of methoxy groups -OCH3 is 1. The maximum absolute atomic E-state index is 13.8. The van der Waals surface area contributed by atoms with Crippen molar-refractivity contribution in [3.63, 3.8) is 0 Å². The molecule has 0 aliphatic carbocycles. The standard InChI is InChI=1S/C18H19ClFNO2S/c1-21(10-15-16(19)7-4-8-17(15)20)18(22)12-24-11-13-5-3-6-14(9-13)23-2/h3-9H,10-12H2,1-2H3. The summed E-state index contributed by atoms with van der Waals surface area (Å²) in [5.74, 6) is 1.36. The molecule has 0 fully saturated rings. The number of nitrogens with zero attached hydrogens (tertiary/aromatic N) is 1. The van der Waals surface area contributed by atoms with Crippen molar-refractivity contribution in [3.8, 4) is 5.75 Å². The highest BCUT2D eigenvalue weighted by atomic mass is 35.5. The topological polar surface area (TPSA) is 29.5 Å². The molecule has 0 heterocycles. The Bertz CT molecular complexity index is 691. The Labute approximate surface area is 150 Å². The van der Waals surface area contributed by atoms with Crippen LogP contribution >= 0.6 is 23.4 Å². The molecule has 128 valence electrons. The van der Waals surface area contributed by atoms with Crippen LogP contribution in [-0.2, 0) is 17.1 Å². The van der Waals surface area contributed by atoms with Crippen LogP contribution < -0.4 is 4.74 Å². The van der Waals surface area contributed by atoms with Gasteiger partial charge in [-0.05, 0) is 29.8 Å². The van der Waals surface area contributed by atoms with Crippen molar-refractivity contribution in [1.29, 1.82) is 0 Å². The summed E-state index contributed by atoms with van der Waals surface area (Å²) < 4.78 is 19.0. The Morgan fingerprint density at radius 2 is 2.04 bits per heavy atom. The Morgan fingerprint density at radius 1 is 1.29 bits per heavy atom. The summed E-state index contributed by atoms with van der Waals surface area (Å²) in [6.45, 7) is 0.157. The van der Waals surface area contributed by atoms with Gasteiger partial charge in [-0.1, -0.05) is 29.8 Å². The van der Waals surface area contributed by atoms with Gasteiger partial charge in [0.1, 0.15) is 11.6 Å². The molecule has 0 saturated carbocycles. The number of thioether (sulfide) groups is 1. The molecular formula is C18H19ClFNO2S. The van der Waals surface area contributed by atoms with Gasteiger partial charge in [0.15, 0.2) is 0 Å². The van der Waals surface area contributed by atoms with Gasteiger partial charge in [0.05, 0.1) is 12.9 Å². The number of rotatable bonds is 7. The van der Waals surface area contributed by atoms with Crippen LogP contribution in [0.1, 0.15) is 11.1 Å². The van der Waals surface area contributed by atoms with Crippen LogP contribution in [0.3, 0.4) is 0 Å². The van der Waals surface area contributed by atoms with Gasteiger partial charge in [-0.2, -0.15) is 0 Å². The number of carbonyl (C=O) groups is 1. The lowest BCUT2D eigenvalue weighted by Gasteiger charge is -2.18. The number of carbonyl (C=O) groups excluding carboxylic acids is 1. The number of hydrogen-bond acceptors (Lipinski definition) is 3. The van der Waals surface area contributed by atoms with Crippen molar-refractivity contribution >= 4 is 29.3 Å². The molecular weight excluding hydrogens is 349 g/mol.